The molecule has 1 aromatic carbocycles. The van der Waals surface area contributed by atoms with Gasteiger partial charge in [-0.25, -0.2) is 0 Å². The van der Waals surface area contributed by atoms with Crippen LogP contribution in [-0.4, -0.2) is 50.7 Å². The van der Waals surface area contributed by atoms with Gasteiger partial charge in [-0.15, -0.1) is 0 Å². The Balaban J connectivity index is 2.83. The van der Waals surface area contributed by atoms with Crippen molar-refractivity contribution < 1.29 is 19.1 Å². The Hall–Kier alpha value is -1.40. The number of ether oxygens (including phenoxy) is 2. The van der Waals surface area contributed by atoms with Gasteiger partial charge < -0.3 is 14.4 Å². The molecule has 1 rings (SSSR count). The molecular weight excluding hydrogens is 350 g/mol. The predicted molar refractivity (Wildman–Crippen MR) is 87.7 cm³/mol. The van der Waals surface area contributed by atoms with E-state index in [4.69, 9.17) is 9.47 Å². The number of nitrogens with zero attached hydrogens (tertiary/aromatic N) is 1. The van der Waals surface area contributed by atoms with E-state index in [1.807, 2.05) is 12.1 Å². The zero-order valence-electron chi connectivity index (χ0n) is 13.2. The third kappa shape index (κ3) is 5.77. The molecule has 0 aliphatic rings. The minimum atomic E-state index is -0.372. The lowest BCUT2D eigenvalue weighted by molar-refractivity contribution is -0.145. The highest BCUT2D eigenvalue weighted by Gasteiger charge is 2.22. The van der Waals surface area contributed by atoms with E-state index in [0.717, 1.165) is 4.47 Å². The Morgan fingerprint density at radius 1 is 1.32 bits per heavy atom. The summed E-state index contributed by atoms with van der Waals surface area (Å²) in [5.74, 6) is -0.796. The van der Waals surface area contributed by atoms with Crippen molar-refractivity contribution >= 4 is 27.8 Å². The summed E-state index contributed by atoms with van der Waals surface area (Å²) < 4.78 is 10.6. The van der Waals surface area contributed by atoms with Crippen molar-refractivity contribution in [2.24, 2.45) is 5.92 Å². The first-order valence-corrected chi connectivity index (χ1v) is 7.90. The molecule has 0 aliphatic carbocycles. The van der Waals surface area contributed by atoms with E-state index in [1.54, 1.807) is 31.1 Å². The molecule has 0 bridgehead atoms. The lowest BCUT2D eigenvalue weighted by Gasteiger charge is -2.25. The topological polar surface area (TPSA) is 55.8 Å². The number of hydrogen-bond acceptors (Lipinski definition) is 4. The lowest BCUT2D eigenvalue weighted by Crippen LogP contribution is -2.38. The number of amides is 1. The molecule has 0 saturated heterocycles. The quantitative estimate of drug-likeness (QED) is 0.520. The average Bonchev–Trinajstić information content (AvgIpc) is 2.52. The standard InChI is InChI=1S/C16H22BrNO4/c1-12(16(20)22-3)11-18(8-5-9-21-2)15(19)13-6-4-7-14(17)10-13/h4,6-7,10,12H,5,8-9,11H2,1-3H3. The van der Waals surface area contributed by atoms with Crippen LogP contribution in [0.2, 0.25) is 0 Å². The van der Waals surface area contributed by atoms with E-state index >= 15 is 0 Å². The Labute approximate surface area is 139 Å². The van der Waals surface area contributed by atoms with Crippen LogP contribution in [0.3, 0.4) is 0 Å². The first-order chi connectivity index (χ1) is 10.5. The number of benzene rings is 1. The maximum Gasteiger partial charge on any atom is 0.310 e. The number of hydrogen-bond donors (Lipinski definition) is 0. The first kappa shape index (κ1) is 18.6. The summed E-state index contributed by atoms with van der Waals surface area (Å²) in [4.78, 5) is 25.9. The van der Waals surface area contributed by atoms with Crippen molar-refractivity contribution in [3.05, 3.63) is 34.3 Å². The zero-order valence-corrected chi connectivity index (χ0v) is 14.8. The van der Waals surface area contributed by atoms with Gasteiger partial charge in [0.1, 0.15) is 0 Å². The highest BCUT2D eigenvalue weighted by atomic mass is 79.9. The van der Waals surface area contributed by atoms with Crippen LogP contribution in [0, 0.1) is 5.92 Å². The zero-order chi connectivity index (χ0) is 16.5. The fourth-order valence-electron chi connectivity index (χ4n) is 2.09. The van der Waals surface area contributed by atoms with E-state index in [2.05, 4.69) is 15.9 Å². The van der Waals surface area contributed by atoms with Crippen molar-refractivity contribution in [3.63, 3.8) is 0 Å². The SMILES string of the molecule is COCCCN(CC(C)C(=O)OC)C(=O)c1cccc(Br)c1. The second-order valence-electron chi connectivity index (χ2n) is 5.03. The van der Waals surface area contributed by atoms with Gasteiger partial charge in [-0.3, -0.25) is 9.59 Å². The van der Waals surface area contributed by atoms with Gasteiger partial charge in [-0.1, -0.05) is 28.9 Å². The molecule has 0 fully saturated rings. The van der Waals surface area contributed by atoms with Gasteiger partial charge in [0.05, 0.1) is 13.0 Å². The third-order valence-corrected chi connectivity index (χ3v) is 3.73. The van der Waals surface area contributed by atoms with Gasteiger partial charge in [-0.05, 0) is 24.6 Å². The Kier molecular flexibility index (Phi) is 8.12. The van der Waals surface area contributed by atoms with Crippen LogP contribution in [0.5, 0.6) is 0 Å². The highest BCUT2D eigenvalue weighted by molar-refractivity contribution is 9.10. The number of esters is 1. The molecule has 5 nitrogen and oxygen atoms in total. The van der Waals surface area contributed by atoms with Crippen LogP contribution < -0.4 is 0 Å². The van der Waals surface area contributed by atoms with Crippen molar-refractivity contribution in [2.75, 3.05) is 33.9 Å². The van der Waals surface area contributed by atoms with Gasteiger partial charge >= 0.3 is 5.97 Å². The summed E-state index contributed by atoms with van der Waals surface area (Å²) in [7, 11) is 2.97. The third-order valence-electron chi connectivity index (χ3n) is 3.23. The minimum absolute atomic E-state index is 0.104. The van der Waals surface area contributed by atoms with Crippen LogP contribution >= 0.6 is 15.9 Å². The molecule has 0 aliphatic heterocycles. The summed E-state index contributed by atoms with van der Waals surface area (Å²) in [5, 5.41) is 0. The second-order valence-corrected chi connectivity index (χ2v) is 5.95. The molecule has 0 saturated carbocycles. The number of carbonyl (C=O) groups is 2. The van der Waals surface area contributed by atoms with Crippen molar-refractivity contribution in [1.29, 1.82) is 0 Å². The Morgan fingerprint density at radius 2 is 2.05 bits per heavy atom. The monoisotopic (exact) mass is 371 g/mol. The van der Waals surface area contributed by atoms with E-state index < -0.39 is 0 Å². The molecule has 1 atom stereocenters. The molecule has 0 N–H and O–H groups in total. The molecular formula is C16H22BrNO4. The summed E-state index contributed by atoms with van der Waals surface area (Å²) >= 11 is 3.36. The molecule has 6 heteroatoms. The molecule has 1 unspecified atom stereocenters. The maximum atomic E-state index is 12.6. The summed E-state index contributed by atoms with van der Waals surface area (Å²) in [6.07, 6.45) is 0.712. The number of halogens is 1. The van der Waals surface area contributed by atoms with Crippen molar-refractivity contribution in [2.45, 2.75) is 13.3 Å². The molecule has 122 valence electrons. The summed E-state index contributed by atoms with van der Waals surface area (Å²) in [6, 6.07) is 7.21. The highest BCUT2D eigenvalue weighted by Crippen LogP contribution is 2.15. The van der Waals surface area contributed by atoms with E-state index in [9.17, 15) is 9.59 Å². The van der Waals surface area contributed by atoms with Gasteiger partial charge in [0, 0.05) is 36.8 Å². The fourth-order valence-corrected chi connectivity index (χ4v) is 2.49. The van der Waals surface area contributed by atoms with Crippen LogP contribution in [0.4, 0.5) is 0 Å². The number of rotatable bonds is 8. The van der Waals surface area contributed by atoms with Gasteiger partial charge in [-0.2, -0.15) is 0 Å². The minimum Gasteiger partial charge on any atom is -0.469 e. The van der Waals surface area contributed by atoms with Gasteiger partial charge in [0.2, 0.25) is 0 Å². The smallest absolute Gasteiger partial charge is 0.310 e. The molecule has 1 aromatic rings. The first-order valence-electron chi connectivity index (χ1n) is 7.11. The van der Waals surface area contributed by atoms with Gasteiger partial charge in [0.15, 0.2) is 0 Å². The molecule has 22 heavy (non-hydrogen) atoms. The second kappa shape index (κ2) is 9.58. The Morgan fingerprint density at radius 3 is 2.64 bits per heavy atom. The molecule has 0 spiro atoms. The van der Waals surface area contributed by atoms with E-state index in [0.29, 0.717) is 31.7 Å². The van der Waals surface area contributed by atoms with Crippen molar-refractivity contribution in [3.8, 4) is 0 Å². The van der Waals surface area contributed by atoms with E-state index in [1.165, 1.54) is 7.11 Å². The Bertz CT molecular complexity index is 507. The van der Waals surface area contributed by atoms with Crippen molar-refractivity contribution in [1.82, 2.24) is 4.90 Å². The average molecular weight is 372 g/mol. The molecule has 0 aromatic heterocycles. The largest absolute Gasteiger partial charge is 0.469 e. The number of carbonyl (C=O) groups excluding carboxylic acids is 2. The molecule has 0 radical (unpaired) electrons. The lowest BCUT2D eigenvalue weighted by atomic mass is 10.1. The van der Waals surface area contributed by atoms with Crippen LogP contribution in [0.1, 0.15) is 23.7 Å². The van der Waals surface area contributed by atoms with Gasteiger partial charge in [0.25, 0.3) is 5.91 Å². The van der Waals surface area contributed by atoms with Crippen LogP contribution in [0.15, 0.2) is 28.7 Å². The van der Waals surface area contributed by atoms with Crippen LogP contribution in [-0.2, 0) is 14.3 Å². The number of methoxy groups -OCH3 is 2. The fraction of sp³-hybridized carbons (Fsp3) is 0.500. The summed E-state index contributed by atoms with van der Waals surface area (Å²) in [6.45, 7) is 3.17. The normalized spacial score (nSPS) is 11.8. The summed E-state index contributed by atoms with van der Waals surface area (Å²) in [5.41, 5.74) is 0.587. The van der Waals surface area contributed by atoms with Crippen LogP contribution in [0.25, 0.3) is 0 Å². The molecule has 0 heterocycles. The maximum absolute atomic E-state index is 12.6. The van der Waals surface area contributed by atoms with E-state index in [-0.39, 0.29) is 17.8 Å². The molecule has 1 amide bonds. The predicted octanol–water partition coefficient (Wildman–Crippen LogP) is 2.74.